The van der Waals surface area contributed by atoms with E-state index in [2.05, 4.69) is 32.1 Å². The van der Waals surface area contributed by atoms with Gasteiger partial charge in [0, 0.05) is 10.6 Å². The number of thioether (sulfide) groups is 1. The summed E-state index contributed by atoms with van der Waals surface area (Å²) in [5.41, 5.74) is 2.64. The Morgan fingerprint density at radius 2 is 1.94 bits per heavy atom. The van der Waals surface area contributed by atoms with Crippen molar-refractivity contribution < 1.29 is 0 Å². The fourth-order valence-corrected chi connectivity index (χ4v) is 2.46. The number of rotatable bonds is 3. The first-order chi connectivity index (χ1) is 8.43. The summed E-state index contributed by atoms with van der Waals surface area (Å²) in [7, 11) is 0. The average Bonchev–Trinajstić information content (AvgIpc) is 2.86. The number of hydrogen-bond acceptors (Lipinski definition) is 4. The van der Waals surface area contributed by atoms with E-state index in [9.17, 15) is 0 Å². The molecule has 0 saturated heterocycles. The third-order valence-electron chi connectivity index (χ3n) is 2.42. The van der Waals surface area contributed by atoms with Gasteiger partial charge in [-0.15, -0.1) is 11.8 Å². The molecule has 0 aliphatic carbocycles. The fourth-order valence-electron chi connectivity index (χ4n) is 1.59. The summed E-state index contributed by atoms with van der Waals surface area (Å²) in [5.74, 6) is 0.811. The van der Waals surface area contributed by atoms with Gasteiger partial charge in [0.05, 0.1) is 12.0 Å². The van der Waals surface area contributed by atoms with Gasteiger partial charge in [0.15, 0.2) is 5.65 Å². The second kappa shape index (κ2) is 4.55. The zero-order chi connectivity index (χ0) is 11.5. The van der Waals surface area contributed by atoms with Gasteiger partial charge in [-0.2, -0.15) is 0 Å². The maximum absolute atomic E-state index is 4.29. The minimum atomic E-state index is 0.726. The molecule has 0 fully saturated rings. The maximum atomic E-state index is 4.29. The Bertz CT molecular complexity index is 620. The molecule has 84 valence electrons. The van der Waals surface area contributed by atoms with Crippen molar-refractivity contribution >= 4 is 22.9 Å². The van der Waals surface area contributed by atoms with Gasteiger partial charge in [0.2, 0.25) is 0 Å². The van der Waals surface area contributed by atoms with E-state index in [0.717, 1.165) is 22.6 Å². The smallest absolute Gasteiger partial charge is 0.180 e. The van der Waals surface area contributed by atoms with Crippen LogP contribution < -0.4 is 0 Å². The molecule has 4 nitrogen and oxygen atoms in total. The van der Waals surface area contributed by atoms with Crippen LogP contribution in [0.1, 0.15) is 5.69 Å². The van der Waals surface area contributed by atoms with Crippen molar-refractivity contribution in [3.05, 3.63) is 48.7 Å². The Morgan fingerprint density at radius 3 is 2.82 bits per heavy atom. The van der Waals surface area contributed by atoms with Crippen LogP contribution in [0.2, 0.25) is 0 Å². The lowest BCUT2D eigenvalue weighted by Gasteiger charge is -2.01. The Balaban J connectivity index is 1.84. The van der Waals surface area contributed by atoms with Crippen molar-refractivity contribution in [3.8, 4) is 0 Å². The summed E-state index contributed by atoms with van der Waals surface area (Å²) in [6, 6.07) is 10.3. The SMILES string of the molecule is c1ccc(SCc2ncnc3nc[nH]c23)cc1. The molecule has 17 heavy (non-hydrogen) atoms. The fraction of sp³-hybridized carbons (Fsp3) is 0.0833. The molecular formula is C12H10N4S. The first-order valence-corrected chi connectivity index (χ1v) is 6.23. The van der Waals surface area contributed by atoms with Gasteiger partial charge in [-0.25, -0.2) is 15.0 Å². The summed E-state index contributed by atoms with van der Waals surface area (Å²) < 4.78 is 0. The summed E-state index contributed by atoms with van der Waals surface area (Å²) in [5, 5.41) is 0. The predicted molar refractivity (Wildman–Crippen MR) is 67.7 cm³/mol. The zero-order valence-electron chi connectivity index (χ0n) is 9.00. The molecule has 0 aliphatic rings. The van der Waals surface area contributed by atoms with E-state index in [4.69, 9.17) is 0 Å². The minimum Gasteiger partial charge on any atom is -0.342 e. The molecule has 2 heterocycles. The lowest BCUT2D eigenvalue weighted by molar-refractivity contribution is 1.12. The molecule has 0 saturated carbocycles. The number of benzene rings is 1. The topological polar surface area (TPSA) is 54.5 Å². The summed E-state index contributed by atoms with van der Waals surface area (Å²) in [6.07, 6.45) is 3.21. The van der Waals surface area contributed by atoms with E-state index in [1.807, 2.05) is 18.2 Å². The molecule has 3 rings (SSSR count). The van der Waals surface area contributed by atoms with Crippen molar-refractivity contribution in [3.63, 3.8) is 0 Å². The Kier molecular flexibility index (Phi) is 2.75. The summed E-state index contributed by atoms with van der Waals surface area (Å²) in [4.78, 5) is 16.8. The molecule has 0 aliphatic heterocycles. The van der Waals surface area contributed by atoms with E-state index >= 15 is 0 Å². The van der Waals surface area contributed by atoms with Gasteiger partial charge in [-0.3, -0.25) is 0 Å². The molecule has 0 bridgehead atoms. The van der Waals surface area contributed by atoms with Gasteiger partial charge in [-0.05, 0) is 12.1 Å². The second-order valence-corrected chi connectivity index (χ2v) is 4.57. The lowest BCUT2D eigenvalue weighted by Crippen LogP contribution is -1.91. The van der Waals surface area contributed by atoms with Gasteiger partial charge in [0.1, 0.15) is 11.8 Å². The molecule has 0 radical (unpaired) electrons. The van der Waals surface area contributed by atoms with E-state index in [1.165, 1.54) is 4.90 Å². The quantitative estimate of drug-likeness (QED) is 0.717. The number of imidazole rings is 1. The van der Waals surface area contributed by atoms with E-state index in [1.54, 1.807) is 24.4 Å². The Morgan fingerprint density at radius 1 is 1.06 bits per heavy atom. The van der Waals surface area contributed by atoms with Crippen LogP contribution in [0.4, 0.5) is 0 Å². The predicted octanol–water partition coefficient (Wildman–Crippen LogP) is 2.65. The molecule has 0 amide bonds. The molecule has 1 N–H and O–H groups in total. The molecular weight excluding hydrogens is 232 g/mol. The molecule has 0 atom stereocenters. The number of hydrogen-bond donors (Lipinski definition) is 1. The van der Waals surface area contributed by atoms with Gasteiger partial charge in [-0.1, -0.05) is 18.2 Å². The molecule has 0 spiro atoms. The third kappa shape index (κ3) is 2.14. The number of nitrogens with zero attached hydrogens (tertiary/aromatic N) is 3. The highest BCUT2D eigenvalue weighted by molar-refractivity contribution is 7.98. The molecule has 1 aromatic carbocycles. The number of nitrogens with one attached hydrogen (secondary N) is 1. The van der Waals surface area contributed by atoms with Crippen LogP contribution in [0.5, 0.6) is 0 Å². The van der Waals surface area contributed by atoms with Crippen LogP contribution in [0.25, 0.3) is 11.2 Å². The van der Waals surface area contributed by atoms with Crippen molar-refractivity contribution in [2.75, 3.05) is 0 Å². The first kappa shape index (κ1) is 10.3. The van der Waals surface area contributed by atoms with E-state index in [0.29, 0.717) is 0 Å². The number of H-pyrrole nitrogens is 1. The molecule has 5 heteroatoms. The highest BCUT2D eigenvalue weighted by atomic mass is 32.2. The van der Waals surface area contributed by atoms with Crippen LogP contribution >= 0.6 is 11.8 Å². The normalized spacial score (nSPS) is 10.8. The van der Waals surface area contributed by atoms with Gasteiger partial charge in [0.25, 0.3) is 0 Å². The highest BCUT2D eigenvalue weighted by Gasteiger charge is 2.05. The van der Waals surface area contributed by atoms with Crippen LogP contribution in [-0.4, -0.2) is 19.9 Å². The van der Waals surface area contributed by atoms with E-state index < -0.39 is 0 Å². The Labute approximate surface area is 103 Å². The lowest BCUT2D eigenvalue weighted by atomic mass is 10.4. The molecule has 2 aromatic heterocycles. The van der Waals surface area contributed by atoms with E-state index in [-0.39, 0.29) is 0 Å². The van der Waals surface area contributed by atoms with Crippen molar-refractivity contribution in [1.29, 1.82) is 0 Å². The van der Waals surface area contributed by atoms with Crippen LogP contribution in [0, 0.1) is 0 Å². The largest absolute Gasteiger partial charge is 0.342 e. The highest BCUT2D eigenvalue weighted by Crippen LogP contribution is 2.23. The number of aromatic nitrogens is 4. The van der Waals surface area contributed by atoms with Crippen molar-refractivity contribution in [2.45, 2.75) is 10.6 Å². The van der Waals surface area contributed by atoms with Crippen molar-refractivity contribution in [2.24, 2.45) is 0 Å². The van der Waals surface area contributed by atoms with Gasteiger partial charge >= 0.3 is 0 Å². The van der Waals surface area contributed by atoms with Crippen LogP contribution in [0.15, 0.2) is 47.9 Å². The number of fused-ring (bicyclic) bond motifs is 1. The van der Waals surface area contributed by atoms with Crippen molar-refractivity contribution in [1.82, 2.24) is 19.9 Å². The summed E-state index contributed by atoms with van der Waals surface area (Å²) >= 11 is 1.75. The summed E-state index contributed by atoms with van der Waals surface area (Å²) in [6.45, 7) is 0. The second-order valence-electron chi connectivity index (χ2n) is 3.52. The first-order valence-electron chi connectivity index (χ1n) is 5.24. The third-order valence-corrected chi connectivity index (χ3v) is 3.44. The maximum Gasteiger partial charge on any atom is 0.180 e. The average molecular weight is 242 g/mol. The number of aromatic amines is 1. The zero-order valence-corrected chi connectivity index (χ0v) is 9.81. The minimum absolute atomic E-state index is 0.726. The Hall–Kier alpha value is -1.88. The monoisotopic (exact) mass is 242 g/mol. The molecule has 3 aromatic rings. The molecule has 0 unspecified atom stereocenters. The van der Waals surface area contributed by atoms with Crippen LogP contribution in [-0.2, 0) is 5.75 Å². The standard InChI is InChI=1S/C12H10N4S/c1-2-4-9(5-3-1)17-6-10-11-12(15-7-13-10)16-8-14-11/h1-5,7-8H,6H2,(H,13,14,15,16). The van der Waals surface area contributed by atoms with Gasteiger partial charge < -0.3 is 4.98 Å². The van der Waals surface area contributed by atoms with Crippen LogP contribution in [0.3, 0.4) is 0 Å².